The van der Waals surface area contributed by atoms with E-state index >= 15 is 0 Å². The average Bonchev–Trinajstić information content (AvgIpc) is 2.70. The molecular weight excluding hydrogens is 262 g/mol. The molecule has 1 heterocycles. The molecule has 0 fully saturated rings. The molecule has 0 bridgehead atoms. The third kappa shape index (κ3) is 2.11. The summed E-state index contributed by atoms with van der Waals surface area (Å²) in [5, 5.41) is 5.63. The number of amides is 1. The second-order valence-electron chi connectivity index (χ2n) is 4.76. The molecule has 2 aromatic carbocycles. The summed E-state index contributed by atoms with van der Waals surface area (Å²) in [4.78, 5) is 12.0. The summed E-state index contributed by atoms with van der Waals surface area (Å²) in [7, 11) is 0. The quantitative estimate of drug-likeness (QED) is 0.881. The zero-order valence-electron chi connectivity index (χ0n) is 10.7. The van der Waals surface area contributed by atoms with E-state index in [9.17, 15) is 13.6 Å². The van der Waals surface area contributed by atoms with E-state index in [-0.39, 0.29) is 5.91 Å². The fourth-order valence-electron chi connectivity index (χ4n) is 2.28. The molecule has 0 aromatic heterocycles. The number of hydrogen-bond donors (Lipinski definition) is 2. The number of hydrogen-bond acceptors (Lipinski definition) is 2. The van der Waals surface area contributed by atoms with Crippen LogP contribution in [0.25, 0.3) is 0 Å². The highest BCUT2D eigenvalue weighted by Crippen LogP contribution is 2.34. The molecule has 0 aliphatic carbocycles. The molecular formula is C15H12F2N2O. The molecule has 5 heteroatoms. The zero-order valence-corrected chi connectivity index (χ0v) is 10.7. The summed E-state index contributed by atoms with van der Waals surface area (Å²) >= 11 is 0. The van der Waals surface area contributed by atoms with Gasteiger partial charge in [-0.05, 0) is 42.8 Å². The molecule has 3 rings (SSSR count). The molecule has 0 radical (unpaired) electrons. The molecule has 102 valence electrons. The predicted octanol–water partition coefficient (Wildman–Crippen LogP) is 3.38. The summed E-state index contributed by atoms with van der Waals surface area (Å²) in [6, 6.07) is 7.68. The van der Waals surface area contributed by atoms with Crippen LogP contribution in [0.5, 0.6) is 0 Å². The fraction of sp³-hybridized carbons (Fsp3) is 0.133. The van der Waals surface area contributed by atoms with Crippen LogP contribution < -0.4 is 10.6 Å². The van der Waals surface area contributed by atoms with Gasteiger partial charge in [0.05, 0.1) is 0 Å². The van der Waals surface area contributed by atoms with E-state index in [0.29, 0.717) is 16.9 Å². The first-order valence-electron chi connectivity index (χ1n) is 6.17. The second kappa shape index (κ2) is 4.59. The Kier molecular flexibility index (Phi) is 2.89. The van der Waals surface area contributed by atoms with Gasteiger partial charge in [-0.1, -0.05) is 6.07 Å². The number of fused-ring (bicyclic) bond motifs is 1. The Labute approximate surface area is 114 Å². The summed E-state index contributed by atoms with van der Waals surface area (Å²) in [5.74, 6) is -1.09. The van der Waals surface area contributed by atoms with Crippen LogP contribution in [0.2, 0.25) is 0 Å². The molecule has 0 saturated carbocycles. The van der Waals surface area contributed by atoms with Crippen molar-refractivity contribution in [3.05, 3.63) is 59.2 Å². The van der Waals surface area contributed by atoms with E-state index in [1.54, 1.807) is 13.0 Å². The van der Waals surface area contributed by atoms with Gasteiger partial charge in [0, 0.05) is 16.9 Å². The van der Waals surface area contributed by atoms with Crippen molar-refractivity contribution in [1.82, 2.24) is 0 Å². The van der Waals surface area contributed by atoms with Crippen LogP contribution >= 0.6 is 0 Å². The van der Waals surface area contributed by atoms with Gasteiger partial charge in [0.25, 0.3) is 5.91 Å². The smallest absolute Gasteiger partial charge is 0.251 e. The van der Waals surface area contributed by atoms with E-state index in [1.807, 2.05) is 0 Å². The number of halogens is 2. The van der Waals surface area contributed by atoms with E-state index in [4.69, 9.17) is 0 Å². The highest BCUT2D eigenvalue weighted by molar-refractivity contribution is 6.04. The minimum atomic E-state index is -0.721. The van der Waals surface area contributed by atoms with Crippen molar-refractivity contribution in [3.8, 4) is 0 Å². The highest BCUT2D eigenvalue weighted by atomic mass is 19.1. The van der Waals surface area contributed by atoms with Crippen LogP contribution in [0.1, 0.15) is 17.2 Å². The molecule has 2 aromatic rings. The van der Waals surface area contributed by atoms with Gasteiger partial charge in [-0.25, -0.2) is 8.78 Å². The third-order valence-corrected chi connectivity index (χ3v) is 3.34. The lowest BCUT2D eigenvalue weighted by Gasteiger charge is -2.15. The number of rotatable bonds is 2. The molecule has 1 atom stereocenters. The topological polar surface area (TPSA) is 41.1 Å². The van der Waals surface area contributed by atoms with Crippen LogP contribution in [0, 0.1) is 18.6 Å². The fourth-order valence-corrected chi connectivity index (χ4v) is 2.28. The summed E-state index contributed by atoms with van der Waals surface area (Å²) < 4.78 is 26.6. The maximum absolute atomic E-state index is 13.3. The van der Waals surface area contributed by atoms with Crippen LogP contribution in [-0.2, 0) is 4.79 Å². The Morgan fingerprint density at radius 1 is 1.10 bits per heavy atom. The standard InChI is InChI=1S/C15H12F2N2O/c1-8-2-3-10(17)7-13(8)18-14-11-6-9(16)4-5-12(11)19-15(14)20/h2-7,14,18H,1H3,(H,19,20). The monoisotopic (exact) mass is 274 g/mol. The highest BCUT2D eigenvalue weighted by Gasteiger charge is 2.31. The minimum Gasteiger partial charge on any atom is -0.370 e. The summed E-state index contributed by atoms with van der Waals surface area (Å²) in [5.41, 5.74) is 2.42. The van der Waals surface area contributed by atoms with Crippen LogP contribution in [-0.4, -0.2) is 5.91 Å². The number of nitrogens with one attached hydrogen (secondary N) is 2. The van der Waals surface area contributed by atoms with Gasteiger partial charge in [-0.15, -0.1) is 0 Å². The first-order valence-corrected chi connectivity index (χ1v) is 6.17. The first-order chi connectivity index (χ1) is 9.54. The lowest BCUT2D eigenvalue weighted by molar-refractivity contribution is -0.116. The van der Waals surface area contributed by atoms with Crippen molar-refractivity contribution in [2.24, 2.45) is 0 Å². The van der Waals surface area contributed by atoms with Crippen molar-refractivity contribution in [1.29, 1.82) is 0 Å². The molecule has 1 amide bonds. The van der Waals surface area contributed by atoms with E-state index < -0.39 is 17.7 Å². The maximum atomic E-state index is 13.3. The number of benzene rings is 2. The minimum absolute atomic E-state index is 0.283. The molecule has 1 aliphatic rings. The Bertz CT molecular complexity index is 700. The van der Waals surface area contributed by atoms with Crippen molar-refractivity contribution in [2.75, 3.05) is 10.6 Å². The van der Waals surface area contributed by atoms with E-state index in [0.717, 1.165) is 5.56 Å². The van der Waals surface area contributed by atoms with Crippen molar-refractivity contribution < 1.29 is 13.6 Å². The lowest BCUT2D eigenvalue weighted by atomic mass is 10.1. The second-order valence-corrected chi connectivity index (χ2v) is 4.76. The first kappa shape index (κ1) is 12.6. The third-order valence-electron chi connectivity index (χ3n) is 3.34. The van der Waals surface area contributed by atoms with Gasteiger partial charge in [0.2, 0.25) is 0 Å². The Hall–Kier alpha value is -2.43. The molecule has 0 saturated heterocycles. The zero-order chi connectivity index (χ0) is 14.3. The molecule has 1 aliphatic heterocycles. The van der Waals surface area contributed by atoms with Gasteiger partial charge in [-0.3, -0.25) is 4.79 Å². The van der Waals surface area contributed by atoms with Crippen molar-refractivity contribution >= 4 is 17.3 Å². The Balaban J connectivity index is 1.97. The van der Waals surface area contributed by atoms with Crippen LogP contribution in [0.3, 0.4) is 0 Å². The number of carbonyl (C=O) groups is 1. The Morgan fingerprint density at radius 3 is 2.60 bits per heavy atom. The normalized spacial score (nSPS) is 16.8. The average molecular weight is 274 g/mol. The van der Waals surface area contributed by atoms with E-state index in [1.165, 1.54) is 30.3 Å². The SMILES string of the molecule is Cc1ccc(F)cc1NC1C(=O)Nc2ccc(F)cc21. The Morgan fingerprint density at radius 2 is 1.80 bits per heavy atom. The van der Waals surface area contributed by atoms with Crippen molar-refractivity contribution in [2.45, 2.75) is 13.0 Å². The lowest BCUT2D eigenvalue weighted by Crippen LogP contribution is -2.20. The maximum Gasteiger partial charge on any atom is 0.251 e. The van der Waals surface area contributed by atoms with E-state index in [2.05, 4.69) is 10.6 Å². The van der Waals surface area contributed by atoms with Gasteiger partial charge in [0.1, 0.15) is 17.7 Å². The largest absolute Gasteiger partial charge is 0.370 e. The molecule has 1 unspecified atom stereocenters. The van der Waals surface area contributed by atoms with Gasteiger partial charge in [0.15, 0.2) is 0 Å². The number of aryl methyl sites for hydroxylation is 1. The molecule has 20 heavy (non-hydrogen) atoms. The molecule has 0 spiro atoms. The summed E-state index contributed by atoms with van der Waals surface area (Å²) in [6.07, 6.45) is 0. The van der Waals surface area contributed by atoms with Gasteiger partial charge < -0.3 is 10.6 Å². The number of anilines is 2. The van der Waals surface area contributed by atoms with Gasteiger partial charge >= 0.3 is 0 Å². The summed E-state index contributed by atoms with van der Waals surface area (Å²) in [6.45, 7) is 1.81. The van der Waals surface area contributed by atoms with Crippen LogP contribution in [0.15, 0.2) is 36.4 Å². The predicted molar refractivity (Wildman–Crippen MR) is 72.5 cm³/mol. The molecule has 3 nitrogen and oxygen atoms in total. The van der Waals surface area contributed by atoms with Crippen molar-refractivity contribution in [3.63, 3.8) is 0 Å². The number of carbonyl (C=O) groups excluding carboxylic acids is 1. The van der Waals surface area contributed by atoms with Crippen LogP contribution in [0.4, 0.5) is 20.2 Å². The van der Waals surface area contributed by atoms with Gasteiger partial charge in [-0.2, -0.15) is 0 Å². The molecule has 2 N–H and O–H groups in total.